The van der Waals surface area contributed by atoms with Crippen LogP contribution < -0.4 is 0 Å². The second-order valence-electron chi connectivity index (χ2n) is 4.16. The molecular weight excluding hydrogens is 261 g/mol. The van der Waals surface area contributed by atoms with E-state index in [1.807, 2.05) is 0 Å². The molecule has 1 aliphatic rings. The molecule has 2 aromatic heterocycles. The van der Waals surface area contributed by atoms with Gasteiger partial charge in [0.1, 0.15) is 6.26 Å². The molecule has 0 aromatic carbocycles. The third-order valence-corrected chi connectivity index (χ3v) is 3.25. The molecule has 2 aromatic rings. The summed E-state index contributed by atoms with van der Waals surface area (Å²) in [6, 6.07) is 0. The summed E-state index contributed by atoms with van der Waals surface area (Å²) in [6.45, 7) is 0. The lowest BCUT2D eigenvalue weighted by molar-refractivity contribution is 0.410. The standard InChI is InChI=1S/C11H9Cl2N3O/c12-8-4-14-11(13)15-10(8)7-5-17-16-9(7)3-6-1-2-6/h4-6H,1-3H2. The van der Waals surface area contributed by atoms with Gasteiger partial charge in [0.25, 0.3) is 0 Å². The van der Waals surface area contributed by atoms with Crippen molar-refractivity contribution in [1.29, 1.82) is 0 Å². The average molecular weight is 270 g/mol. The first kappa shape index (κ1) is 11.0. The van der Waals surface area contributed by atoms with Gasteiger partial charge in [-0.2, -0.15) is 0 Å². The Morgan fingerprint density at radius 2 is 2.18 bits per heavy atom. The Kier molecular flexibility index (Phi) is 2.76. The van der Waals surface area contributed by atoms with E-state index in [1.165, 1.54) is 19.0 Å². The fourth-order valence-corrected chi connectivity index (χ4v) is 2.06. The van der Waals surface area contributed by atoms with E-state index in [0.29, 0.717) is 10.7 Å². The molecule has 17 heavy (non-hydrogen) atoms. The van der Waals surface area contributed by atoms with Gasteiger partial charge in [-0.25, -0.2) is 9.97 Å². The zero-order valence-corrected chi connectivity index (χ0v) is 10.4. The van der Waals surface area contributed by atoms with Crippen molar-refractivity contribution >= 4 is 23.2 Å². The van der Waals surface area contributed by atoms with E-state index in [-0.39, 0.29) is 5.28 Å². The normalized spacial score (nSPS) is 15.2. The highest BCUT2D eigenvalue weighted by Crippen LogP contribution is 2.36. The number of aromatic nitrogens is 3. The Balaban J connectivity index is 2.01. The van der Waals surface area contributed by atoms with E-state index in [1.54, 1.807) is 6.26 Å². The van der Waals surface area contributed by atoms with Crippen LogP contribution in [0.25, 0.3) is 11.3 Å². The molecule has 0 atom stereocenters. The van der Waals surface area contributed by atoms with Crippen LogP contribution in [-0.4, -0.2) is 15.1 Å². The smallest absolute Gasteiger partial charge is 0.222 e. The Morgan fingerprint density at radius 3 is 2.94 bits per heavy atom. The van der Waals surface area contributed by atoms with Crippen molar-refractivity contribution in [2.45, 2.75) is 19.3 Å². The van der Waals surface area contributed by atoms with Gasteiger partial charge >= 0.3 is 0 Å². The van der Waals surface area contributed by atoms with Gasteiger partial charge in [0.15, 0.2) is 0 Å². The van der Waals surface area contributed by atoms with Gasteiger partial charge in [-0.1, -0.05) is 16.8 Å². The maximum Gasteiger partial charge on any atom is 0.222 e. The van der Waals surface area contributed by atoms with Crippen LogP contribution in [0.1, 0.15) is 18.5 Å². The fraction of sp³-hybridized carbons (Fsp3) is 0.364. The number of hydrogen-bond donors (Lipinski definition) is 0. The first-order valence-corrected chi connectivity index (χ1v) is 6.11. The summed E-state index contributed by atoms with van der Waals surface area (Å²) in [5.74, 6) is 0.718. The third-order valence-electron chi connectivity index (χ3n) is 2.79. The number of nitrogens with zero attached hydrogens (tertiary/aromatic N) is 3. The monoisotopic (exact) mass is 269 g/mol. The van der Waals surface area contributed by atoms with Crippen LogP contribution in [0.5, 0.6) is 0 Å². The Hall–Kier alpha value is -1.13. The van der Waals surface area contributed by atoms with Crippen molar-refractivity contribution in [3.8, 4) is 11.3 Å². The zero-order chi connectivity index (χ0) is 11.8. The van der Waals surface area contributed by atoms with Crippen molar-refractivity contribution in [1.82, 2.24) is 15.1 Å². The highest BCUT2D eigenvalue weighted by molar-refractivity contribution is 6.33. The summed E-state index contributed by atoms with van der Waals surface area (Å²) in [5, 5.41) is 4.63. The molecule has 0 saturated heterocycles. The molecule has 0 N–H and O–H groups in total. The molecule has 1 aliphatic carbocycles. The van der Waals surface area contributed by atoms with Gasteiger partial charge in [0.05, 0.1) is 28.2 Å². The van der Waals surface area contributed by atoms with Crippen molar-refractivity contribution in [3.63, 3.8) is 0 Å². The van der Waals surface area contributed by atoms with Gasteiger partial charge < -0.3 is 4.52 Å². The second kappa shape index (κ2) is 4.27. The fourth-order valence-electron chi connectivity index (χ4n) is 1.73. The van der Waals surface area contributed by atoms with Gasteiger partial charge in [0, 0.05) is 0 Å². The topological polar surface area (TPSA) is 51.8 Å². The van der Waals surface area contributed by atoms with E-state index in [4.69, 9.17) is 27.7 Å². The lowest BCUT2D eigenvalue weighted by Gasteiger charge is -2.02. The molecule has 1 saturated carbocycles. The van der Waals surface area contributed by atoms with E-state index in [9.17, 15) is 0 Å². The minimum Gasteiger partial charge on any atom is -0.364 e. The van der Waals surface area contributed by atoms with Crippen molar-refractivity contribution in [2.75, 3.05) is 0 Å². The lowest BCUT2D eigenvalue weighted by Crippen LogP contribution is -1.94. The second-order valence-corrected chi connectivity index (χ2v) is 4.90. The summed E-state index contributed by atoms with van der Waals surface area (Å²) < 4.78 is 5.01. The van der Waals surface area contributed by atoms with E-state index in [2.05, 4.69) is 15.1 Å². The average Bonchev–Trinajstić information content (AvgIpc) is 3.00. The predicted molar refractivity (Wildman–Crippen MR) is 64.0 cm³/mol. The largest absolute Gasteiger partial charge is 0.364 e. The molecule has 6 heteroatoms. The summed E-state index contributed by atoms with van der Waals surface area (Å²) in [4.78, 5) is 7.95. The first-order chi connectivity index (χ1) is 8.24. The molecule has 88 valence electrons. The minimum atomic E-state index is 0.169. The molecule has 0 amide bonds. The van der Waals surface area contributed by atoms with Crippen LogP contribution in [0.2, 0.25) is 10.3 Å². The highest BCUT2D eigenvalue weighted by Gasteiger charge is 2.25. The van der Waals surface area contributed by atoms with Crippen LogP contribution in [0.4, 0.5) is 0 Å². The molecule has 0 spiro atoms. The quantitative estimate of drug-likeness (QED) is 0.802. The maximum absolute atomic E-state index is 6.06. The molecule has 0 radical (unpaired) electrons. The molecule has 1 fully saturated rings. The molecular formula is C11H9Cl2N3O. The van der Waals surface area contributed by atoms with Crippen LogP contribution in [0, 0.1) is 5.92 Å². The number of rotatable bonds is 3. The van der Waals surface area contributed by atoms with E-state index >= 15 is 0 Å². The summed E-state index contributed by atoms with van der Waals surface area (Å²) in [7, 11) is 0. The van der Waals surface area contributed by atoms with E-state index in [0.717, 1.165) is 23.6 Å². The zero-order valence-electron chi connectivity index (χ0n) is 8.86. The number of hydrogen-bond acceptors (Lipinski definition) is 4. The SMILES string of the molecule is Clc1ncc(Cl)c(-c2conc2CC2CC2)n1. The maximum atomic E-state index is 6.06. The van der Waals surface area contributed by atoms with Gasteiger partial charge in [0.2, 0.25) is 5.28 Å². The summed E-state index contributed by atoms with van der Waals surface area (Å²) in [6.07, 6.45) is 6.46. The Morgan fingerprint density at radius 1 is 1.35 bits per heavy atom. The molecule has 0 aliphatic heterocycles. The van der Waals surface area contributed by atoms with Crippen molar-refractivity contribution in [2.24, 2.45) is 5.92 Å². The lowest BCUT2D eigenvalue weighted by atomic mass is 10.1. The highest BCUT2D eigenvalue weighted by atomic mass is 35.5. The minimum absolute atomic E-state index is 0.169. The molecule has 0 unspecified atom stereocenters. The van der Waals surface area contributed by atoms with Crippen molar-refractivity contribution < 1.29 is 4.52 Å². The van der Waals surface area contributed by atoms with Crippen LogP contribution >= 0.6 is 23.2 Å². The van der Waals surface area contributed by atoms with Gasteiger partial charge in [-0.15, -0.1) is 0 Å². The third kappa shape index (κ3) is 2.28. The number of halogens is 2. The van der Waals surface area contributed by atoms with E-state index < -0.39 is 0 Å². The van der Waals surface area contributed by atoms with Gasteiger partial charge in [-0.05, 0) is 36.8 Å². The van der Waals surface area contributed by atoms with Crippen molar-refractivity contribution in [3.05, 3.63) is 28.5 Å². The first-order valence-electron chi connectivity index (χ1n) is 5.35. The molecule has 2 heterocycles. The molecule has 0 bridgehead atoms. The Labute approximate surface area is 108 Å². The molecule has 3 rings (SSSR count). The van der Waals surface area contributed by atoms with Crippen LogP contribution in [0.3, 0.4) is 0 Å². The van der Waals surface area contributed by atoms with Gasteiger partial charge in [-0.3, -0.25) is 0 Å². The molecule has 4 nitrogen and oxygen atoms in total. The van der Waals surface area contributed by atoms with Crippen LogP contribution in [0.15, 0.2) is 17.0 Å². The van der Waals surface area contributed by atoms with Crippen LogP contribution in [-0.2, 0) is 6.42 Å². The summed E-state index contributed by atoms with van der Waals surface area (Å²) in [5.41, 5.74) is 2.29. The summed E-state index contributed by atoms with van der Waals surface area (Å²) >= 11 is 11.8. The predicted octanol–water partition coefficient (Wildman–Crippen LogP) is 3.39. The Bertz CT molecular complexity index is 551.